The molecule has 0 radical (unpaired) electrons. The van der Waals surface area contributed by atoms with E-state index in [1.165, 1.54) is 4.90 Å². The van der Waals surface area contributed by atoms with Crippen molar-refractivity contribution in [3.05, 3.63) is 18.3 Å². The van der Waals surface area contributed by atoms with Crippen LogP contribution in [0.1, 0.15) is 12.8 Å². The number of rotatable bonds is 4. The summed E-state index contributed by atoms with van der Waals surface area (Å²) in [5.41, 5.74) is -0.267. The van der Waals surface area contributed by atoms with Crippen molar-refractivity contribution >= 4 is 23.3 Å². The van der Waals surface area contributed by atoms with Crippen molar-refractivity contribution in [1.82, 2.24) is 9.88 Å². The third-order valence-corrected chi connectivity index (χ3v) is 4.34. The van der Waals surface area contributed by atoms with Crippen LogP contribution < -0.4 is 10.2 Å². The van der Waals surface area contributed by atoms with Crippen LogP contribution in [0.5, 0.6) is 0 Å². The van der Waals surface area contributed by atoms with E-state index in [1.807, 2.05) is 12.1 Å². The van der Waals surface area contributed by atoms with Gasteiger partial charge in [0.1, 0.15) is 11.2 Å². The lowest BCUT2D eigenvalue weighted by molar-refractivity contribution is -0.140. The summed E-state index contributed by atoms with van der Waals surface area (Å²) in [5, 5.41) is 2.82. The van der Waals surface area contributed by atoms with Gasteiger partial charge in [0.05, 0.1) is 25.1 Å². The highest BCUT2D eigenvalue weighted by Gasteiger charge is 2.57. The second kappa shape index (κ2) is 6.16. The minimum atomic E-state index is -0.883. The van der Waals surface area contributed by atoms with Crippen LogP contribution in [0.2, 0.25) is 0 Å². The summed E-state index contributed by atoms with van der Waals surface area (Å²) in [6.07, 6.45) is 2.85. The Labute approximate surface area is 135 Å². The first-order valence-corrected chi connectivity index (χ1v) is 7.85. The molecule has 7 heteroatoms. The molecule has 23 heavy (non-hydrogen) atoms. The van der Waals surface area contributed by atoms with Gasteiger partial charge in [0.15, 0.2) is 0 Å². The number of aromatic nitrogens is 1. The molecule has 124 valence electrons. The van der Waals surface area contributed by atoms with Gasteiger partial charge in [-0.05, 0) is 25.0 Å². The van der Waals surface area contributed by atoms with Gasteiger partial charge in [-0.2, -0.15) is 0 Å². The zero-order valence-corrected chi connectivity index (χ0v) is 13.5. The predicted octanol–water partition coefficient (Wildman–Crippen LogP) is 0.725. The Balaban J connectivity index is 1.64. The molecule has 1 saturated carbocycles. The van der Waals surface area contributed by atoms with Crippen LogP contribution in [0.15, 0.2) is 18.3 Å². The molecule has 2 fully saturated rings. The van der Waals surface area contributed by atoms with Crippen LogP contribution in [0.3, 0.4) is 0 Å². The molecule has 7 nitrogen and oxygen atoms in total. The molecule has 0 bridgehead atoms. The zero-order valence-electron chi connectivity index (χ0n) is 13.5. The second-order valence-corrected chi connectivity index (χ2v) is 6.24. The Hall–Kier alpha value is -2.15. The Bertz CT molecular complexity index is 590. The van der Waals surface area contributed by atoms with Gasteiger partial charge in [-0.15, -0.1) is 0 Å². The number of hydrogen-bond donors (Lipinski definition) is 1. The van der Waals surface area contributed by atoms with E-state index >= 15 is 0 Å². The Kier molecular flexibility index (Phi) is 4.21. The average molecular weight is 318 g/mol. The molecule has 1 aromatic rings. The van der Waals surface area contributed by atoms with E-state index in [9.17, 15) is 9.59 Å². The van der Waals surface area contributed by atoms with E-state index < -0.39 is 5.41 Å². The van der Waals surface area contributed by atoms with Crippen LogP contribution in [0.25, 0.3) is 0 Å². The van der Waals surface area contributed by atoms with Gasteiger partial charge in [-0.1, -0.05) is 0 Å². The van der Waals surface area contributed by atoms with Crippen molar-refractivity contribution < 1.29 is 14.3 Å². The molecule has 3 rings (SSSR count). The number of carbonyl (C=O) groups is 2. The van der Waals surface area contributed by atoms with Gasteiger partial charge in [0, 0.05) is 27.2 Å². The first kappa shape index (κ1) is 15.7. The van der Waals surface area contributed by atoms with Gasteiger partial charge >= 0.3 is 0 Å². The van der Waals surface area contributed by atoms with Crippen molar-refractivity contribution in [3.63, 3.8) is 0 Å². The highest BCUT2D eigenvalue weighted by molar-refractivity contribution is 6.12. The first-order chi connectivity index (χ1) is 11.0. The summed E-state index contributed by atoms with van der Waals surface area (Å²) in [6, 6.07) is 3.71. The van der Waals surface area contributed by atoms with E-state index in [1.54, 1.807) is 20.3 Å². The van der Waals surface area contributed by atoms with Crippen molar-refractivity contribution in [2.24, 2.45) is 5.41 Å². The molecule has 1 N–H and O–H groups in total. The zero-order chi connectivity index (χ0) is 16.4. The van der Waals surface area contributed by atoms with E-state index in [-0.39, 0.29) is 11.8 Å². The Morgan fingerprint density at radius 1 is 1.26 bits per heavy atom. The number of nitrogens with one attached hydrogen (secondary N) is 1. The molecular formula is C16H22N4O3. The monoisotopic (exact) mass is 318 g/mol. The first-order valence-electron chi connectivity index (χ1n) is 7.85. The molecule has 2 amide bonds. The Morgan fingerprint density at radius 3 is 2.48 bits per heavy atom. The molecule has 1 aliphatic heterocycles. The van der Waals surface area contributed by atoms with E-state index in [2.05, 4.69) is 15.2 Å². The fourth-order valence-electron chi connectivity index (χ4n) is 2.78. The van der Waals surface area contributed by atoms with Crippen molar-refractivity contribution in [2.75, 3.05) is 50.6 Å². The molecule has 0 aromatic carbocycles. The molecule has 1 aliphatic carbocycles. The average Bonchev–Trinajstić information content (AvgIpc) is 3.37. The molecule has 1 saturated heterocycles. The van der Waals surface area contributed by atoms with Crippen molar-refractivity contribution in [2.45, 2.75) is 12.8 Å². The molecule has 0 atom stereocenters. The lowest BCUT2D eigenvalue weighted by Gasteiger charge is -2.27. The fraction of sp³-hybridized carbons (Fsp3) is 0.562. The Morgan fingerprint density at radius 2 is 1.96 bits per heavy atom. The highest BCUT2D eigenvalue weighted by atomic mass is 16.5. The number of nitrogens with zero attached hydrogens (tertiary/aromatic N) is 3. The summed E-state index contributed by atoms with van der Waals surface area (Å²) in [7, 11) is 3.35. The predicted molar refractivity (Wildman–Crippen MR) is 86.3 cm³/mol. The van der Waals surface area contributed by atoms with Crippen LogP contribution in [-0.2, 0) is 14.3 Å². The molecular weight excluding hydrogens is 296 g/mol. The minimum Gasteiger partial charge on any atom is -0.378 e. The molecule has 0 spiro atoms. The maximum absolute atomic E-state index is 12.4. The third-order valence-electron chi connectivity index (χ3n) is 4.34. The van der Waals surface area contributed by atoms with Gasteiger partial charge < -0.3 is 19.9 Å². The molecule has 1 aromatic heterocycles. The standard InChI is InChI=1S/C16H22N4O3/c1-19(2)15(22)16(5-6-16)14(21)18-12-3-4-13(17-11-12)20-7-9-23-10-8-20/h3-4,11H,5-10H2,1-2H3,(H,18,21). The normalized spacial score (nSPS) is 19.1. The molecule has 2 aliphatic rings. The third kappa shape index (κ3) is 3.14. The summed E-state index contributed by atoms with van der Waals surface area (Å²) >= 11 is 0. The number of ether oxygens (including phenoxy) is 1. The van der Waals surface area contributed by atoms with Crippen molar-refractivity contribution in [1.29, 1.82) is 0 Å². The van der Waals surface area contributed by atoms with Crippen LogP contribution in [-0.4, -0.2) is 62.1 Å². The van der Waals surface area contributed by atoms with Crippen molar-refractivity contribution in [3.8, 4) is 0 Å². The van der Waals surface area contributed by atoms with Crippen LogP contribution >= 0.6 is 0 Å². The number of amides is 2. The second-order valence-electron chi connectivity index (χ2n) is 6.24. The number of carbonyl (C=O) groups excluding carboxylic acids is 2. The van der Waals surface area contributed by atoms with Gasteiger partial charge in [0.2, 0.25) is 11.8 Å². The largest absolute Gasteiger partial charge is 0.378 e. The van der Waals surface area contributed by atoms with Crippen LogP contribution in [0.4, 0.5) is 11.5 Å². The quantitative estimate of drug-likeness (QED) is 0.828. The van der Waals surface area contributed by atoms with E-state index in [0.29, 0.717) is 31.7 Å². The van der Waals surface area contributed by atoms with E-state index in [4.69, 9.17) is 4.74 Å². The summed E-state index contributed by atoms with van der Waals surface area (Å²) in [4.78, 5) is 32.6. The topological polar surface area (TPSA) is 74.8 Å². The smallest absolute Gasteiger partial charge is 0.240 e. The van der Waals surface area contributed by atoms with Gasteiger partial charge in [-0.3, -0.25) is 9.59 Å². The number of morpholine rings is 1. The number of hydrogen-bond acceptors (Lipinski definition) is 5. The molecule has 0 unspecified atom stereocenters. The maximum atomic E-state index is 12.4. The summed E-state index contributed by atoms with van der Waals surface area (Å²) in [6.45, 7) is 3.04. The van der Waals surface area contributed by atoms with Crippen LogP contribution in [0, 0.1) is 5.41 Å². The number of pyridine rings is 1. The molecule has 2 heterocycles. The maximum Gasteiger partial charge on any atom is 0.240 e. The SMILES string of the molecule is CN(C)C(=O)C1(C(=O)Nc2ccc(N3CCOCC3)nc2)CC1. The minimum absolute atomic E-state index is 0.132. The summed E-state index contributed by atoms with van der Waals surface area (Å²) < 4.78 is 5.32. The lowest BCUT2D eigenvalue weighted by Crippen LogP contribution is -2.39. The lowest BCUT2D eigenvalue weighted by atomic mass is 10.0. The fourth-order valence-corrected chi connectivity index (χ4v) is 2.78. The van der Waals surface area contributed by atoms with Gasteiger partial charge in [-0.25, -0.2) is 4.98 Å². The van der Waals surface area contributed by atoms with E-state index in [0.717, 1.165) is 18.9 Å². The highest BCUT2D eigenvalue weighted by Crippen LogP contribution is 2.47. The number of anilines is 2. The summed E-state index contributed by atoms with van der Waals surface area (Å²) in [5.74, 6) is 0.502. The van der Waals surface area contributed by atoms with Gasteiger partial charge in [0.25, 0.3) is 0 Å².